The number of fused-ring (bicyclic) bond motifs is 5. The molecule has 13 nitrogen and oxygen atoms in total. The van der Waals surface area contributed by atoms with E-state index < -0.39 is 68.0 Å². The molecule has 2 saturated heterocycles. The Balaban J connectivity index is 1.08. The molecule has 1 aromatic heterocycles. The zero-order valence-electron chi connectivity index (χ0n) is 31.6. The predicted octanol–water partition coefficient (Wildman–Crippen LogP) is 4.05. The fourth-order valence-electron chi connectivity index (χ4n) is 9.32. The molecule has 2 bridgehead atoms. The summed E-state index contributed by atoms with van der Waals surface area (Å²) >= 11 is 0. The molecule has 2 aliphatic heterocycles. The van der Waals surface area contributed by atoms with Crippen molar-refractivity contribution in [2.45, 2.75) is 101 Å². The van der Waals surface area contributed by atoms with Gasteiger partial charge in [0.25, 0.3) is 5.91 Å². The van der Waals surface area contributed by atoms with Crippen LogP contribution in [0.5, 0.6) is 0 Å². The van der Waals surface area contributed by atoms with Gasteiger partial charge in [0.05, 0.1) is 28.2 Å². The zero-order valence-corrected chi connectivity index (χ0v) is 32.4. The number of para-hydroxylation sites is 2. The van der Waals surface area contributed by atoms with Crippen molar-refractivity contribution in [1.29, 1.82) is 0 Å². The maximum Gasteiger partial charge on any atom is 0.326 e. The molecule has 5 aliphatic rings. The van der Waals surface area contributed by atoms with Crippen LogP contribution in [0.15, 0.2) is 61.2 Å². The van der Waals surface area contributed by atoms with Crippen molar-refractivity contribution in [1.82, 2.24) is 29.7 Å². The van der Waals surface area contributed by atoms with Gasteiger partial charge in [0, 0.05) is 42.2 Å². The van der Waals surface area contributed by atoms with E-state index in [-0.39, 0.29) is 43.7 Å². The highest BCUT2D eigenvalue weighted by Crippen LogP contribution is 2.46. The van der Waals surface area contributed by atoms with E-state index in [2.05, 4.69) is 21.9 Å². The molecule has 3 unspecified atom stereocenters. The van der Waals surface area contributed by atoms with Gasteiger partial charge in [-0.15, -0.1) is 6.58 Å². The van der Waals surface area contributed by atoms with E-state index in [1.165, 1.54) is 11.0 Å². The van der Waals surface area contributed by atoms with E-state index in [0.29, 0.717) is 36.3 Å². The molecule has 7 atom stereocenters. The van der Waals surface area contributed by atoms with Gasteiger partial charge >= 0.3 is 6.03 Å². The second-order valence-electron chi connectivity index (χ2n) is 17.4. The number of hydrogen-bond acceptors (Lipinski definition) is 7. The number of rotatable bonds is 10. The summed E-state index contributed by atoms with van der Waals surface area (Å²) in [5, 5.41) is 7.10. The molecule has 0 spiro atoms. The molecular weight excluding hydrogens is 721 g/mol. The molecule has 3 aliphatic carbocycles. The second kappa shape index (κ2) is 13.5. The summed E-state index contributed by atoms with van der Waals surface area (Å²) in [6.45, 7) is 10.2. The van der Waals surface area contributed by atoms with Crippen LogP contribution in [0.1, 0.15) is 72.1 Å². The van der Waals surface area contributed by atoms with Crippen LogP contribution in [-0.4, -0.2) is 94.4 Å². The van der Waals surface area contributed by atoms with Crippen LogP contribution in [-0.2, 0) is 29.2 Å². The molecule has 3 aromatic rings. The van der Waals surface area contributed by atoms with E-state index in [1.807, 2.05) is 74.2 Å². The number of sulfonamides is 1. The van der Waals surface area contributed by atoms with Gasteiger partial charge in [-0.05, 0) is 68.4 Å². The third kappa shape index (κ3) is 6.69. The number of carbonyl (C=O) groups excluding carboxylic acids is 5. The highest BCUT2D eigenvalue weighted by molar-refractivity contribution is 7.91. The quantitative estimate of drug-likeness (QED) is 0.262. The van der Waals surface area contributed by atoms with Crippen molar-refractivity contribution in [3.8, 4) is 0 Å². The molecule has 14 heteroatoms. The highest BCUT2D eigenvalue weighted by atomic mass is 32.2. The number of aromatic nitrogens is 1. The van der Waals surface area contributed by atoms with E-state index >= 15 is 0 Å². The molecule has 2 aromatic carbocycles. The largest absolute Gasteiger partial charge is 0.339 e. The number of amides is 5. The fraction of sp³-hybridized carbons (Fsp3) is 0.537. The van der Waals surface area contributed by atoms with Crippen LogP contribution < -0.4 is 15.4 Å². The standard InChI is InChI=1S/C41H50N6O7S/c1-5-25-21-41(25,38(51)44-55(53,54)28-16-17-28)43-36(49)34-19-26(42-39(52)47-32-12-8-6-10-29(32)30-11-7-9-13-33(30)47)23-46(34)37(50)31(40(2,3)4)20-35(48)45-22-24-14-15-27(45)18-24/h5-13,24-28,31,34H,1,14-23H2,2-4H3,(H,42,52)(H,43,49)(H,44,51)/t24?,25?,26-,27?,31-,34+,41-/m1/s1. The first-order valence-corrected chi connectivity index (χ1v) is 21.1. The lowest BCUT2D eigenvalue weighted by Crippen LogP contribution is -2.57. The van der Waals surface area contributed by atoms with Crippen LogP contribution in [0.25, 0.3) is 21.8 Å². The highest BCUT2D eigenvalue weighted by Gasteiger charge is 2.62. The molecular formula is C41H50N6O7S. The maximum absolute atomic E-state index is 14.8. The van der Waals surface area contributed by atoms with Gasteiger partial charge in [-0.25, -0.2) is 13.2 Å². The number of nitrogens with one attached hydrogen (secondary N) is 3. The summed E-state index contributed by atoms with van der Waals surface area (Å²) in [5.74, 6) is -2.72. The Morgan fingerprint density at radius 2 is 1.56 bits per heavy atom. The fourth-order valence-corrected chi connectivity index (χ4v) is 10.7. The van der Waals surface area contributed by atoms with Crippen molar-refractivity contribution in [2.24, 2.45) is 23.2 Å². The molecule has 3 N–H and O–H groups in total. The minimum Gasteiger partial charge on any atom is -0.339 e. The summed E-state index contributed by atoms with van der Waals surface area (Å²) in [5.41, 5.74) is -0.781. The molecule has 8 rings (SSSR count). The van der Waals surface area contributed by atoms with Crippen molar-refractivity contribution in [2.75, 3.05) is 13.1 Å². The lowest BCUT2D eigenvalue weighted by atomic mass is 9.77. The molecule has 5 fully saturated rings. The monoisotopic (exact) mass is 770 g/mol. The number of likely N-dealkylation sites (tertiary alicyclic amines) is 2. The Kier molecular flexibility index (Phi) is 9.13. The molecule has 55 heavy (non-hydrogen) atoms. The van der Waals surface area contributed by atoms with Gasteiger partial charge in [0.2, 0.25) is 27.7 Å². The van der Waals surface area contributed by atoms with Crippen LogP contribution in [0, 0.1) is 23.2 Å². The Morgan fingerprint density at radius 1 is 0.909 bits per heavy atom. The minimum absolute atomic E-state index is 0.00484. The van der Waals surface area contributed by atoms with Gasteiger partial charge in [0.15, 0.2) is 0 Å². The first-order valence-electron chi connectivity index (χ1n) is 19.5. The molecule has 0 radical (unpaired) electrons. The number of benzene rings is 2. The molecule has 3 heterocycles. The number of piperidine rings is 1. The maximum atomic E-state index is 14.8. The smallest absolute Gasteiger partial charge is 0.326 e. The van der Waals surface area contributed by atoms with Gasteiger partial charge in [-0.2, -0.15) is 0 Å². The zero-order chi connectivity index (χ0) is 39.0. The summed E-state index contributed by atoms with van der Waals surface area (Å²) in [4.78, 5) is 74.2. The van der Waals surface area contributed by atoms with Crippen molar-refractivity contribution >= 4 is 61.5 Å². The van der Waals surface area contributed by atoms with E-state index in [1.54, 1.807) is 4.57 Å². The van der Waals surface area contributed by atoms with Crippen LogP contribution >= 0.6 is 0 Å². The topological polar surface area (TPSA) is 167 Å². The SMILES string of the molecule is C=CC1C[C@]1(NC(=O)[C@@H]1C[C@@H](NC(=O)n2c3ccccc3c3ccccc32)CN1C(=O)[C@@H](CC(=O)N1CC2CCC1C2)C(C)(C)C)C(=O)NS(=O)(=O)C1CC1. The van der Waals surface area contributed by atoms with E-state index in [0.717, 1.165) is 30.0 Å². The molecule has 292 valence electrons. The van der Waals surface area contributed by atoms with E-state index in [4.69, 9.17) is 0 Å². The Hall–Kier alpha value is -4.72. The predicted molar refractivity (Wildman–Crippen MR) is 207 cm³/mol. The lowest BCUT2D eigenvalue weighted by Gasteiger charge is -2.36. The Morgan fingerprint density at radius 3 is 2.11 bits per heavy atom. The normalized spacial score (nSPS) is 27.9. The van der Waals surface area contributed by atoms with Gasteiger partial charge in [-0.3, -0.25) is 28.5 Å². The number of carbonyl (C=O) groups is 5. The van der Waals surface area contributed by atoms with Gasteiger partial charge in [0.1, 0.15) is 11.6 Å². The van der Waals surface area contributed by atoms with Crippen molar-refractivity contribution in [3.63, 3.8) is 0 Å². The molecule has 3 saturated carbocycles. The van der Waals surface area contributed by atoms with Crippen molar-refractivity contribution in [3.05, 3.63) is 61.2 Å². The summed E-state index contributed by atoms with van der Waals surface area (Å²) < 4.78 is 29.3. The first kappa shape index (κ1) is 37.2. The third-order valence-electron chi connectivity index (χ3n) is 12.7. The minimum atomic E-state index is -3.90. The number of nitrogens with zero attached hydrogens (tertiary/aromatic N) is 3. The molecule has 5 amide bonds. The number of hydrogen-bond donors (Lipinski definition) is 3. The summed E-state index contributed by atoms with van der Waals surface area (Å²) in [7, 11) is -3.90. The second-order valence-corrected chi connectivity index (χ2v) is 19.4. The summed E-state index contributed by atoms with van der Waals surface area (Å²) in [6, 6.07) is 13.2. The summed E-state index contributed by atoms with van der Waals surface area (Å²) in [6.07, 6.45) is 5.69. The third-order valence-corrected chi connectivity index (χ3v) is 14.5. The average molecular weight is 771 g/mol. The van der Waals surface area contributed by atoms with E-state index in [9.17, 15) is 32.4 Å². The van der Waals surface area contributed by atoms with Gasteiger partial charge < -0.3 is 20.4 Å². The van der Waals surface area contributed by atoms with Crippen LogP contribution in [0.4, 0.5) is 4.79 Å². The lowest BCUT2D eigenvalue weighted by molar-refractivity contribution is -0.149. The Labute approximate surface area is 321 Å². The average Bonchev–Trinajstić information content (AvgIpc) is 3.92. The first-order chi connectivity index (χ1) is 26.1. The van der Waals surface area contributed by atoms with Crippen molar-refractivity contribution < 1.29 is 32.4 Å². The van der Waals surface area contributed by atoms with Crippen LogP contribution in [0.3, 0.4) is 0 Å². The van der Waals surface area contributed by atoms with Gasteiger partial charge in [-0.1, -0.05) is 63.2 Å². The van der Waals surface area contributed by atoms with Crippen LogP contribution in [0.2, 0.25) is 0 Å². The Bertz CT molecular complexity index is 2170.